The second kappa shape index (κ2) is 4.58. The third kappa shape index (κ3) is 2.46. The molecule has 0 heterocycles. The molecule has 0 aromatic rings. The lowest BCUT2D eigenvalue weighted by atomic mass is 9.93. The summed E-state index contributed by atoms with van der Waals surface area (Å²) >= 11 is 0. The van der Waals surface area contributed by atoms with Gasteiger partial charge >= 0.3 is 0 Å². The van der Waals surface area contributed by atoms with E-state index >= 15 is 0 Å². The zero-order chi connectivity index (χ0) is 12.4. The molecule has 4 N–H and O–H groups in total. The smallest absolute Gasteiger partial charge is 0.215 e. The van der Waals surface area contributed by atoms with Gasteiger partial charge in [-0.25, -0.2) is 13.1 Å². The molecular weight excluding hydrogens is 230 g/mol. The van der Waals surface area contributed by atoms with Gasteiger partial charge in [-0.2, -0.15) is 0 Å². The monoisotopic (exact) mass is 249 g/mol. The van der Waals surface area contributed by atoms with Crippen LogP contribution < -0.4 is 10.5 Å². The molecule has 0 aromatic heterocycles. The quantitative estimate of drug-likeness (QED) is 0.274. The summed E-state index contributed by atoms with van der Waals surface area (Å²) in [6, 6.07) is 0. The van der Waals surface area contributed by atoms with Gasteiger partial charge in [0.15, 0.2) is 5.84 Å². The van der Waals surface area contributed by atoms with Gasteiger partial charge in [0.1, 0.15) is 0 Å². The van der Waals surface area contributed by atoms with Crippen molar-refractivity contribution in [3.05, 3.63) is 0 Å². The average molecular weight is 249 g/mol. The zero-order valence-corrected chi connectivity index (χ0v) is 10.4. The molecule has 0 radical (unpaired) electrons. The third-order valence-corrected chi connectivity index (χ3v) is 5.13. The number of hydrogen-bond donors (Lipinski definition) is 3. The van der Waals surface area contributed by atoms with E-state index in [1.165, 1.54) is 0 Å². The lowest BCUT2D eigenvalue weighted by Gasteiger charge is -2.30. The lowest BCUT2D eigenvalue weighted by molar-refractivity contribution is 0.307. The number of hydrogen-bond acceptors (Lipinski definition) is 4. The van der Waals surface area contributed by atoms with E-state index in [0.29, 0.717) is 25.7 Å². The summed E-state index contributed by atoms with van der Waals surface area (Å²) in [4.78, 5) is 0. The molecule has 0 saturated heterocycles. The van der Waals surface area contributed by atoms with Crippen molar-refractivity contribution in [3.63, 3.8) is 0 Å². The highest BCUT2D eigenvalue weighted by molar-refractivity contribution is 7.90. The van der Waals surface area contributed by atoms with Crippen LogP contribution in [0, 0.1) is 0 Å². The van der Waals surface area contributed by atoms with Crippen molar-refractivity contribution < 1.29 is 13.6 Å². The molecule has 0 amide bonds. The van der Waals surface area contributed by atoms with Crippen LogP contribution in [0.15, 0.2) is 5.16 Å². The lowest BCUT2D eigenvalue weighted by Crippen LogP contribution is -2.57. The van der Waals surface area contributed by atoms with Crippen molar-refractivity contribution in [2.24, 2.45) is 10.9 Å². The van der Waals surface area contributed by atoms with Gasteiger partial charge in [-0.05, 0) is 25.7 Å². The summed E-state index contributed by atoms with van der Waals surface area (Å²) in [5, 5.41) is 11.3. The van der Waals surface area contributed by atoms with Gasteiger partial charge in [0, 0.05) is 0 Å². The predicted octanol–water partition coefficient (Wildman–Crippen LogP) is 0.373. The average Bonchev–Trinajstić information content (AvgIpc) is 3.08. The first kappa shape index (κ1) is 13.2. The van der Waals surface area contributed by atoms with Gasteiger partial charge in [-0.15, -0.1) is 0 Å². The van der Waals surface area contributed by atoms with E-state index < -0.39 is 15.6 Å². The molecule has 16 heavy (non-hydrogen) atoms. The fourth-order valence-corrected chi connectivity index (χ4v) is 3.50. The Hall–Kier alpha value is -0.820. The van der Waals surface area contributed by atoms with E-state index in [-0.39, 0.29) is 11.1 Å². The molecule has 0 unspecified atom stereocenters. The van der Waals surface area contributed by atoms with Crippen LogP contribution in [0.5, 0.6) is 0 Å². The molecular formula is C9H19N3O3S. The van der Waals surface area contributed by atoms with Crippen molar-refractivity contribution in [2.75, 3.05) is 0 Å². The molecule has 6 nitrogen and oxygen atoms in total. The molecule has 1 fully saturated rings. The molecule has 1 aliphatic rings. The van der Waals surface area contributed by atoms with Crippen LogP contribution in [0.4, 0.5) is 0 Å². The Kier molecular flexibility index (Phi) is 3.80. The Labute approximate surface area is 95.9 Å². The van der Waals surface area contributed by atoms with Crippen LogP contribution in [-0.2, 0) is 10.0 Å². The van der Waals surface area contributed by atoms with E-state index in [2.05, 4.69) is 9.88 Å². The summed E-state index contributed by atoms with van der Waals surface area (Å²) < 4.78 is 26.3. The van der Waals surface area contributed by atoms with E-state index in [0.717, 1.165) is 0 Å². The Bertz CT molecular complexity index is 369. The molecule has 1 rings (SSSR count). The molecule has 7 heteroatoms. The molecule has 0 bridgehead atoms. The van der Waals surface area contributed by atoms with Gasteiger partial charge in [0.05, 0.1) is 10.8 Å². The summed E-state index contributed by atoms with van der Waals surface area (Å²) in [5.74, 6) is -0.0817. The summed E-state index contributed by atoms with van der Waals surface area (Å²) in [5.41, 5.74) is 4.61. The van der Waals surface area contributed by atoms with Crippen LogP contribution in [0.1, 0.15) is 39.5 Å². The second-order valence-electron chi connectivity index (χ2n) is 4.12. The number of nitrogens with one attached hydrogen (secondary N) is 1. The molecule has 94 valence electrons. The van der Waals surface area contributed by atoms with Crippen LogP contribution in [0.3, 0.4) is 0 Å². The minimum atomic E-state index is -3.35. The van der Waals surface area contributed by atoms with Crippen LogP contribution in [-0.4, -0.2) is 30.2 Å². The number of rotatable bonds is 6. The maximum Gasteiger partial charge on any atom is 0.215 e. The first-order valence-electron chi connectivity index (χ1n) is 5.42. The largest absolute Gasteiger partial charge is 0.409 e. The number of sulfonamides is 1. The van der Waals surface area contributed by atoms with Gasteiger partial charge in [0.2, 0.25) is 10.0 Å². The maximum absolute atomic E-state index is 11.8. The number of oxime groups is 1. The van der Waals surface area contributed by atoms with E-state index in [1.807, 2.05) is 0 Å². The predicted molar refractivity (Wildman–Crippen MR) is 61.8 cm³/mol. The van der Waals surface area contributed by atoms with Gasteiger partial charge in [0.25, 0.3) is 0 Å². The van der Waals surface area contributed by atoms with Crippen LogP contribution >= 0.6 is 0 Å². The van der Waals surface area contributed by atoms with E-state index in [9.17, 15) is 8.42 Å². The maximum atomic E-state index is 11.8. The highest BCUT2D eigenvalue weighted by atomic mass is 32.2. The minimum Gasteiger partial charge on any atom is -0.409 e. The van der Waals surface area contributed by atoms with Gasteiger partial charge in [-0.1, -0.05) is 19.0 Å². The number of nitrogens with two attached hydrogens (primary N) is 1. The topological polar surface area (TPSA) is 105 Å². The molecule has 0 atom stereocenters. The van der Waals surface area contributed by atoms with Crippen molar-refractivity contribution in [1.29, 1.82) is 0 Å². The Balaban J connectivity index is 2.94. The SMILES string of the molecule is CCC(CC)(NS(=O)(=O)C1CC1)C(N)=NO. The molecule has 0 aromatic carbocycles. The third-order valence-electron chi connectivity index (χ3n) is 3.11. The Morgan fingerprint density at radius 2 is 2.00 bits per heavy atom. The summed E-state index contributed by atoms with van der Waals surface area (Å²) in [6.07, 6.45) is 2.28. The minimum absolute atomic E-state index is 0.0817. The fourth-order valence-electron chi connectivity index (χ4n) is 1.64. The van der Waals surface area contributed by atoms with Crippen molar-refractivity contribution in [1.82, 2.24) is 4.72 Å². The van der Waals surface area contributed by atoms with E-state index in [1.54, 1.807) is 13.8 Å². The highest BCUT2D eigenvalue weighted by Gasteiger charge is 2.43. The highest BCUT2D eigenvalue weighted by Crippen LogP contribution is 2.30. The fraction of sp³-hybridized carbons (Fsp3) is 0.889. The van der Waals surface area contributed by atoms with Crippen LogP contribution in [0.25, 0.3) is 0 Å². The Morgan fingerprint density at radius 1 is 1.50 bits per heavy atom. The first-order chi connectivity index (χ1) is 7.41. The second-order valence-corrected chi connectivity index (χ2v) is 6.08. The van der Waals surface area contributed by atoms with Crippen molar-refractivity contribution >= 4 is 15.9 Å². The first-order valence-corrected chi connectivity index (χ1v) is 6.97. The van der Waals surface area contributed by atoms with Gasteiger partial charge < -0.3 is 10.9 Å². The van der Waals surface area contributed by atoms with E-state index in [4.69, 9.17) is 10.9 Å². The zero-order valence-electron chi connectivity index (χ0n) is 9.60. The van der Waals surface area contributed by atoms with Crippen molar-refractivity contribution in [3.8, 4) is 0 Å². The molecule has 0 aliphatic heterocycles. The van der Waals surface area contributed by atoms with Crippen molar-refractivity contribution in [2.45, 2.75) is 50.3 Å². The standard InChI is InChI=1S/C9H19N3O3S/c1-3-9(4-2,8(10)11-13)12-16(14,15)7-5-6-7/h7,12-13H,3-6H2,1-2H3,(H2,10,11). The number of nitrogens with zero attached hydrogens (tertiary/aromatic N) is 1. The number of amidine groups is 1. The Morgan fingerprint density at radius 3 is 2.31 bits per heavy atom. The molecule has 1 saturated carbocycles. The molecule has 1 aliphatic carbocycles. The molecule has 0 spiro atoms. The normalized spacial score (nSPS) is 18.8. The van der Waals surface area contributed by atoms with Gasteiger partial charge in [-0.3, -0.25) is 0 Å². The summed E-state index contributed by atoms with van der Waals surface area (Å²) in [6.45, 7) is 3.61. The summed E-state index contributed by atoms with van der Waals surface area (Å²) in [7, 11) is -3.35. The van der Waals surface area contributed by atoms with Crippen LogP contribution in [0.2, 0.25) is 0 Å².